The van der Waals surface area contributed by atoms with Gasteiger partial charge in [0.2, 0.25) is 0 Å². The van der Waals surface area contributed by atoms with Crippen LogP contribution in [0.2, 0.25) is 0 Å². The fraction of sp³-hybridized carbons (Fsp3) is 0.500. The van der Waals surface area contributed by atoms with Crippen LogP contribution in [-0.4, -0.2) is 28.0 Å². The van der Waals surface area contributed by atoms with Gasteiger partial charge in [0.15, 0.2) is 5.13 Å². The molecule has 0 radical (unpaired) electrons. The molecule has 0 aromatic carbocycles. The van der Waals surface area contributed by atoms with Gasteiger partial charge in [-0.3, -0.25) is 10.00 Å². The first kappa shape index (κ1) is 14.1. The maximum Gasteiger partial charge on any atom is 0.413 e. The summed E-state index contributed by atoms with van der Waals surface area (Å²) in [5.74, 6) is 0.818. The summed E-state index contributed by atoms with van der Waals surface area (Å²) in [6.45, 7) is 0. The van der Waals surface area contributed by atoms with Crippen LogP contribution >= 0.6 is 23.1 Å². The summed E-state index contributed by atoms with van der Waals surface area (Å²) in [5, 5.41) is 7.88. The fourth-order valence-electron chi connectivity index (χ4n) is 3.07. The number of carbonyl (C=O) groups is 1. The summed E-state index contributed by atoms with van der Waals surface area (Å²) in [6, 6.07) is 0.495. The topological polar surface area (TPSA) is 69.0 Å². The number of nitrogens with one attached hydrogen (secondary N) is 1. The van der Waals surface area contributed by atoms with Gasteiger partial charge in [-0.25, -0.2) is 9.78 Å². The number of anilines is 1. The molecule has 1 fully saturated rings. The highest BCUT2D eigenvalue weighted by atomic mass is 32.2. The zero-order valence-corrected chi connectivity index (χ0v) is 13.8. The molecule has 1 N–H and O–H groups in total. The van der Waals surface area contributed by atoms with Crippen molar-refractivity contribution in [2.45, 2.75) is 42.4 Å². The minimum absolute atomic E-state index is 0.483. The quantitative estimate of drug-likeness (QED) is 0.900. The molecule has 0 bridgehead atoms. The van der Waals surface area contributed by atoms with Gasteiger partial charge in [-0.2, -0.15) is 5.10 Å². The third-order valence-electron chi connectivity index (χ3n) is 4.10. The number of amides is 1. The van der Waals surface area contributed by atoms with Gasteiger partial charge in [0.25, 0.3) is 0 Å². The minimum Gasteiger partial charge on any atom is -0.453 e. The lowest BCUT2D eigenvalue weighted by atomic mass is 10.2. The maximum atomic E-state index is 11.4. The predicted molar refractivity (Wildman–Crippen MR) is 86.4 cm³/mol. The molecule has 1 amide bonds. The lowest BCUT2D eigenvalue weighted by Gasteiger charge is -2.17. The number of carbonyl (C=O) groups excluding carboxylic acids is 1. The maximum absolute atomic E-state index is 11.4. The van der Waals surface area contributed by atoms with Crippen LogP contribution in [0.15, 0.2) is 11.1 Å². The van der Waals surface area contributed by atoms with Crippen molar-refractivity contribution in [3.8, 4) is 10.6 Å². The Labute approximate surface area is 136 Å². The summed E-state index contributed by atoms with van der Waals surface area (Å²) in [7, 11) is 1.35. The Morgan fingerprint density at radius 2 is 2.27 bits per heavy atom. The summed E-state index contributed by atoms with van der Waals surface area (Å²) in [6.07, 6.45) is 6.42. The van der Waals surface area contributed by atoms with Gasteiger partial charge in [-0.1, -0.05) is 24.2 Å². The van der Waals surface area contributed by atoms with E-state index < -0.39 is 6.09 Å². The van der Waals surface area contributed by atoms with Crippen LogP contribution in [0.5, 0.6) is 0 Å². The molecule has 0 spiro atoms. The van der Waals surface area contributed by atoms with Gasteiger partial charge < -0.3 is 4.74 Å². The molecule has 2 aromatic heterocycles. The Morgan fingerprint density at radius 3 is 3.05 bits per heavy atom. The first-order valence-electron chi connectivity index (χ1n) is 7.31. The zero-order valence-electron chi connectivity index (χ0n) is 12.2. The van der Waals surface area contributed by atoms with Crippen LogP contribution < -0.4 is 5.32 Å². The predicted octanol–water partition coefficient (Wildman–Crippen LogP) is 3.91. The van der Waals surface area contributed by atoms with Gasteiger partial charge in [0, 0.05) is 5.75 Å². The van der Waals surface area contributed by atoms with Crippen LogP contribution in [0.3, 0.4) is 0 Å². The molecule has 0 atom stereocenters. The average molecular weight is 336 g/mol. The van der Waals surface area contributed by atoms with Crippen molar-refractivity contribution in [3.63, 3.8) is 0 Å². The van der Waals surface area contributed by atoms with Crippen molar-refractivity contribution >= 4 is 34.3 Å². The molecule has 6 nitrogen and oxygen atoms in total. The molecule has 8 heteroatoms. The number of fused-ring (bicyclic) bond motifs is 3. The van der Waals surface area contributed by atoms with E-state index in [2.05, 4.69) is 24.8 Å². The van der Waals surface area contributed by atoms with Crippen molar-refractivity contribution in [1.82, 2.24) is 14.8 Å². The molecular formula is C14H16N4O2S2. The largest absolute Gasteiger partial charge is 0.453 e. The summed E-state index contributed by atoms with van der Waals surface area (Å²) >= 11 is 3.27. The number of aromatic nitrogens is 3. The Balaban J connectivity index is 1.72. The highest BCUT2D eigenvalue weighted by Gasteiger charge is 2.29. The van der Waals surface area contributed by atoms with Crippen molar-refractivity contribution in [2.75, 3.05) is 12.4 Å². The van der Waals surface area contributed by atoms with E-state index in [1.165, 1.54) is 54.7 Å². The number of ether oxygens (including phenoxy) is 1. The second-order valence-corrected chi connectivity index (χ2v) is 7.46. The molecule has 4 rings (SSSR count). The van der Waals surface area contributed by atoms with Crippen LogP contribution in [0.25, 0.3) is 10.6 Å². The Bertz CT molecular complexity index is 718. The van der Waals surface area contributed by atoms with Gasteiger partial charge in [0.05, 0.1) is 40.5 Å². The van der Waals surface area contributed by atoms with Gasteiger partial charge >= 0.3 is 6.09 Å². The number of thiazole rings is 1. The number of rotatable bonds is 2. The number of methoxy groups -OCH3 is 1. The lowest BCUT2D eigenvalue weighted by molar-refractivity contribution is 0.187. The number of nitrogens with zero attached hydrogens (tertiary/aromatic N) is 3. The van der Waals surface area contributed by atoms with Crippen molar-refractivity contribution in [2.24, 2.45) is 0 Å². The summed E-state index contributed by atoms with van der Waals surface area (Å²) in [4.78, 5) is 18.3. The summed E-state index contributed by atoms with van der Waals surface area (Å²) in [5.41, 5.74) is 2.20. The monoisotopic (exact) mass is 336 g/mol. The zero-order chi connectivity index (χ0) is 15.1. The molecule has 116 valence electrons. The van der Waals surface area contributed by atoms with Gasteiger partial charge in [-0.05, 0) is 12.8 Å². The molecule has 22 heavy (non-hydrogen) atoms. The Kier molecular flexibility index (Phi) is 3.57. The van der Waals surface area contributed by atoms with E-state index in [0.717, 1.165) is 16.3 Å². The molecule has 0 saturated heterocycles. The van der Waals surface area contributed by atoms with Crippen LogP contribution in [0.1, 0.15) is 37.4 Å². The van der Waals surface area contributed by atoms with E-state index >= 15 is 0 Å². The molecule has 2 aromatic rings. The van der Waals surface area contributed by atoms with Crippen molar-refractivity contribution < 1.29 is 9.53 Å². The van der Waals surface area contributed by atoms with E-state index in [0.29, 0.717) is 11.2 Å². The fourth-order valence-corrected chi connectivity index (χ4v) is 5.20. The third-order valence-corrected chi connectivity index (χ3v) is 6.15. The highest BCUT2D eigenvalue weighted by molar-refractivity contribution is 7.98. The molecule has 1 saturated carbocycles. The number of hydrogen-bond acceptors (Lipinski definition) is 6. The smallest absolute Gasteiger partial charge is 0.413 e. The Morgan fingerprint density at radius 1 is 1.45 bits per heavy atom. The first-order chi connectivity index (χ1) is 10.8. The van der Waals surface area contributed by atoms with E-state index in [4.69, 9.17) is 0 Å². The number of hydrogen-bond donors (Lipinski definition) is 1. The molecule has 1 aliphatic heterocycles. The second-order valence-electron chi connectivity index (χ2n) is 5.44. The Hall–Kier alpha value is -1.54. The molecular weight excluding hydrogens is 320 g/mol. The SMILES string of the molecule is COC(=O)Nc1nc2c(s1)-c1c(cnn1C1CCCC1)SC2. The van der Waals surface area contributed by atoms with E-state index in [1.807, 2.05) is 6.20 Å². The minimum atomic E-state index is -0.483. The van der Waals surface area contributed by atoms with E-state index in [9.17, 15) is 4.79 Å². The third kappa shape index (κ3) is 2.30. The van der Waals surface area contributed by atoms with Crippen LogP contribution in [0, 0.1) is 0 Å². The lowest BCUT2D eigenvalue weighted by Crippen LogP contribution is -2.10. The second kappa shape index (κ2) is 5.58. The molecule has 1 aliphatic carbocycles. The summed E-state index contributed by atoms with van der Waals surface area (Å²) < 4.78 is 6.81. The van der Waals surface area contributed by atoms with Gasteiger partial charge in [-0.15, -0.1) is 11.8 Å². The first-order valence-corrected chi connectivity index (χ1v) is 9.12. The molecule has 2 aliphatic rings. The molecule has 0 unspecified atom stereocenters. The average Bonchev–Trinajstić information content (AvgIpc) is 3.23. The van der Waals surface area contributed by atoms with Crippen LogP contribution in [-0.2, 0) is 10.5 Å². The highest BCUT2D eigenvalue weighted by Crippen LogP contribution is 2.47. The van der Waals surface area contributed by atoms with Crippen LogP contribution in [0.4, 0.5) is 9.93 Å². The van der Waals surface area contributed by atoms with Gasteiger partial charge in [0.1, 0.15) is 0 Å². The standard InChI is InChI=1S/C14H16N4O2S2/c1-20-14(19)17-13-16-9-7-21-10-6-15-18(8-4-2-3-5-8)11(10)12(9)22-13/h6,8H,2-5,7H2,1H3,(H,16,17,19). The number of thioether (sulfide) groups is 1. The normalized spacial score (nSPS) is 17.1. The van der Waals surface area contributed by atoms with Crippen molar-refractivity contribution in [3.05, 3.63) is 11.9 Å². The van der Waals surface area contributed by atoms with E-state index in [-0.39, 0.29) is 0 Å². The van der Waals surface area contributed by atoms with E-state index in [1.54, 1.807) is 11.8 Å². The molecule has 3 heterocycles. The van der Waals surface area contributed by atoms with Crippen molar-refractivity contribution in [1.29, 1.82) is 0 Å².